The molecule has 6 heterocycles. The number of benzene rings is 3. The number of piperidine rings is 2. The van der Waals surface area contributed by atoms with E-state index in [1.165, 1.54) is 18.1 Å². The van der Waals surface area contributed by atoms with Gasteiger partial charge in [0.05, 0.1) is 22.6 Å². The molecule has 3 saturated heterocycles. The Kier molecular flexibility index (Phi) is 14.2. The number of anilines is 1. The third-order valence-electron chi connectivity index (χ3n) is 13.0. The zero-order valence-corrected chi connectivity index (χ0v) is 38.6. The Labute approximate surface area is 398 Å². The number of rotatable bonds is 16. The second-order valence-electron chi connectivity index (χ2n) is 17.5. The van der Waals surface area contributed by atoms with Crippen LogP contribution in [0.2, 0.25) is 0 Å². The predicted octanol–water partition coefficient (Wildman–Crippen LogP) is 5.88. The molecule has 18 heteroatoms. The molecule has 17 nitrogen and oxygen atoms in total. The topological polar surface area (TPSA) is 206 Å². The van der Waals surface area contributed by atoms with E-state index in [0.717, 1.165) is 73.6 Å². The standard InChI is InChI=1S/C50H54N10O7S/c51-46-44-45(33-18-20-36(21-19-33)67-35-12-4-3-5-13-35)55-60(47(44)53-32-52-46)34-11-9-25-58(31-34)42(63)17-10-24-56-26-28-57(29-27-56)41(62)16-6-1-2-7-30-68-39-15-8-14-37-43(39)50(66)59(49(37)65)38-22-23-40(61)54-48(38)64/h3-5,8,10,12-15,17-21,32,34,38H,1-2,6-7,9,11,16,22-31H2,(H2,51,52,53)(H,54,61,64)/b17-10+/t34-,38?/m1/s1. The average molecular weight is 939 g/mol. The molecule has 3 aromatic carbocycles. The van der Waals surface area contributed by atoms with E-state index in [4.69, 9.17) is 15.6 Å². The molecule has 0 spiro atoms. The molecule has 4 aliphatic rings. The Balaban J connectivity index is 0.687. The van der Waals surface area contributed by atoms with Crippen molar-refractivity contribution in [1.29, 1.82) is 0 Å². The number of hydrogen-bond donors (Lipinski definition) is 2. The number of unbranched alkanes of at least 4 members (excludes halogenated alkanes) is 3. The van der Waals surface area contributed by atoms with E-state index in [1.807, 2.05) is 81.2 Å². The van der Waals surface area contributed by atoms with Gasteiger partial charge in [-0.25, -0.2) is 14.6 Å². The van der Waals surface area contributed by atoms with Crippen LogP contribution in [0, 0.1) is 0 Å². The summed E-state index contributed by atoms with van der Waals surface area (Å²) >= 11 is 1.51. The lowest BCUT2D eigenvalue weighted by Crippen LogP contribution is -2.54. The molecule has 68 heavy (non-hydrogen) atoms. The molecule has 6 amide bonds. The third-order valence-corrected chi connectivity index (χ3v) is 14.1. The SMILES string of the molecule is Nc1ncnc2c1c(-c1ccc(Oc3ccccc3)cc1)nn2[C@@H]1CCCN(C(=O)/C=C/CN2CCN(C(=O)CCCCCCSc3cccc4c3C(=O)N(C3CCC(=O)NC3=O)C4=O)CC2)C1. The Bertz CT molecular complexity index is 2740. The molecule has 352 valence electrons. The Morgan fingerprint density at radius 3 is 2.40 bits per heavy atom. The summed E-state index contributed by atoms with van der Waals surface area (Å²) in [4.78, 5) is 93.8. The van der Waals surface area contributed by atoms with Crippen molar-refractivity contribution in [3.63, 3.8) is 0 Å². The van der Waals surface area contributed by atoms with Crippen LogP contribution in [0.5, 0.6) is 11.5 Å². The molecule has 1 unspecified atom stereocenters. The van der Waals surface area contributed by atoms with Crippen molar-refractivity contribution < 1.29 is 33.5 Å². The number of nitrogen functional groups attached to an aromatic ring is 1. The molecule has 5 aromatic rings. The van der Waals surface area contributed by atoms with E-state index in [9.17, 15) is 28.8 Å². The summed E-state index contributed by atoms with van der Waals surface area (Å²) in [6.07, 6.45) is 10.9. The summed E-state index contributed by atoms with van der Waals surface area (Å²) in [7, 11) is 0. The smallest absolute Gasteiger partial charge is 0.263 e. The zero-order chi connectivity index (χ0) is 47.1. The van der Waals surface area contributed by atoms with Crippen molar-refractivity contribution in [2.45, 2.75) is 74.8 Å². The summed E-state index contributed by atoms with van der Waals surface area (Å²) < 4.78 is 7.89. The normalized spacial score (nSPS) is 19.0. The molecular weight excluding hydrogens is 885 g/mol. The number of para-hydroxylation sites is 1. The van der Waals surface area contributed by atoms with Crippen LogP contribution in [0.4, 0.5) is 5.82 Å². The van der Waals surface area contributed by atoms with Gasteiger partial charge in [0.15, 0.2) is 5.65 Å². The number of imide groups is 2. The minimum Gasteiger partial charge on any atom is -0.457 e. The summed E-state index contributed by atoms with van der Waals surface area (Å²) in [5.74, 6) is 0.611. The van der Waals surface area contributed by atoms with Crippen molar-refractivity contribution in [1.82, 2.24) is 44.7 Å². The predicted molar refractivity (Wildman–Crippen MR) is 256 cm³/mol. The first kappa shape index (κ1) is 46.2. The van der Waals surface area contributed by atoms with E-state index in [2.05, 4.69) is 20.2 Å². The average Bonchev–Trinajstić information content (AvgIpc) is 3.87. The maximum Gasteiger partial charge on any atom is 0.263 e. The zero-order valence-electron chi connectivity index (χ0n) is 37.8. The van der Waals surface area contributed by atoms with Crippen LogP contribution < -0.4 is 15.8 Å². The largest absolute Gasteiger partial charge is 0.457 e. The summed E-state index contributed by atoms with van der Waals surface area (Å²) in [5, 5.41) is 7.94. The van der Waals surface area contributed by atoms with Gasteiger partial charge in [-0.2, -0.15) is 5.10 Å². The van der Waals surface area contributed by atoms with Crippen LogP contribution in [0.25, 0.3) is 22.3 Å². The minimum absolute atomic E-state index is 0.0459. The van der Waals surface area contributed by atoms with E-state index in [0.29, 0.717) is 77.9 Å². The van der Waals surface area contributed by atoms with Gasteiger partial charge in [-0.05, 0) is 86.4 Å². The van der Waals surface area contributed by atoms with Crippen LogP contribution in [-0.4, -0.2) is 132 Å². The van der Waals surface area contributed by atoms with Crippen molar-refractivity contribution in [2.75, 3.05) is 57.3 Å². The second kappa shape index (κ2) is 20.9. The number of nitrogens with zero attached hydrogens (tertiary/aromatic N) is 8. The van der Waals surface area contributed by atoms with E-state index in [1.54, 1.807) is 18.2 Å². The van der Waals surface area contributed by atoms with Gasteiger partial charge in [0.25, 0.3) is 11.8 Å². The quantitative estimate of drug-likeness (QED) is 0.0514. The lowest BCUT2D eigenvalue weighted by atomic mass is 10.0. The lowest BCUT2D eigenvalue weighted by molar-refractivity contribution is -0.136. The molecule has 2 atom stereocenters. The molecule has 4 aliphatic heterocycles. The van der Waals surface area contributed by atoms with Gasteiger partial charge in [0.1, 0.15) is 35.4 Å². The molecule has 3 fully saturated rings. The number of carbonyl (C=O) groups is 6. The van der Waals surface area contributed by atoms with Gasteiger partial charge in [-0.15, -0.1) is 11.8 Å². The number of amides is 6. The number of aromatic nitrogens is 4. The first-order chi connectivity index (χ1) is 33.1. The molecule has 9 rings (SSSR count). The van der Waals surface area contributed by atoms with Crippen LogP contribution in [0.15, 0.2) is 96.2 Å². The van der Waals surface area contributed by atoms with Gasteiger partial charge in [0.2, 0.25) is 23.6 Å². The third kappa shape index (κ3) is 10.2. The highest BCUT2D eigenvalue weighted by Crippen LogP contribution is 2.37. The Morgan fingerprint density at radius 1 is 0.824 bits per heavy atom. The van der Waals surface area contributed by atoms with E-state index in [-0.39, 0.29) is 36.3 Å². The second-order valence-corrected chi connectivity index (χ2v) is 18.6. The summed E-state index contributed by atoms with van der Waals surface area (Å²) in [5.41, 5.74) is 9.19. The van der Waals surface area contributed by atoms with Crippen LogP contribution >= 0.6 is 11.8 Å². The fraction of sp³-hybridized carbons (Fsp3) is 0.380. The fourth-order valence-corrected chi connectivity index (χ4v) is 10.5. The first-order valence-corrected chi connectivity index (χ1v) is 24.4. The van der Waals surface area contributed by atoms with Crippen LogP contribution in [0.3, 0.4) is 0 Å². The number of nitrogens with two attached hydrogens (primary N) is 1. The number of piperazine rings is 1. The number of ether oxygens (including phenoxy) is 1. The molecule has 0 saturated carbocycles. The van der Waals surface area contributed by atoms with Gasteiger partial charge in [-0.1, -0.05) is 43.2 Å². The molecule has 0 bridgehead atoms. The number of carbonyl (C=O) groups excluding carboxylic acids is 6. The van der Waals surface area contributed by atoms with Gasteiger partial charge in [-0.3, -0.25) is 43.9 Å². The Hall–Kier alpha value is -6.92. The Morgan fingerprint density at radius 2 is 1.60 bits per heavy atom. The molecule has 3 N–H and O–H groups in total. The first-order valence-electron chi connectivity index (χ1n) is 23.4. The highest BCUT2D eigenvalue weighted by Gasteiger charge is 2.45. The summed E-state index contributed by atoms with van der Waals surface area (Å²) in [6.45, 7) is 4.53. The summed E-state index contributed by atoms with van der Waals surface area (Å²) in [6, 6.07) is 21.4. The van der Waals surface area contributed by atoms with Gasteiger partial charge >= 0.3 is 0 Å². The van der Waals surface area contributed by atoms with Gasteiger partial charge in [0, 0.05) is 75.2 Å². The van der Waals surface area contributed by atoms with Crippen molar-refractivity contribution >= 4 is 64.1 Å². The highest BCUT2D eigenvalue weighted by molar-refractivity contribution is 7.99. The minimum atomic E-state index is -0.992. The number of likely N-dealkylation sites (tertiary alicyclic amines) is 1. The number of nitrogens with one attached hydrogen (secondary N) is 1. The molecule has 0 aliphatic carbocycles. The van der Waals surface area contributed by atoms with Gasteiger partial charge < -0.3 is 20.3 Å². The van der Waals surface area contributed by atoms with Crippen LogP contribution in [0.1, 0.15) is 84.5 Å². The maximum absolute atomic E-state index is 13.5. The van der Waals surface area contributed by atoms with E-state index >= 15 is 0 Å². The molecule has 2 aromatic heterocycles. The molecular formula is C50H54N10O7S. The van der Waals surface area contributed by atoms with Crippen molar-refractivity contribution in [3.05, 3.63) is 102 Å². The lowest BCUT2D eigenvalue weighted by Gasteiger charge is -2.34. The van der Waals surface area contributed by atoms with Crippen molar-refractivity contribution in [2.24, 2.45) is 0 Å². The number of hydrogen-bond acceptors (Lipinski definition) is 13. The van der Waals surface area contributed by atoms with E-state index < -0.39 is 29.7 Å². The van der Waals surface area contributed by atoms with Crippen LogP contribution in [-0.2, 0) is 19.2 Å². The monoisotopic (exact) mass is 938 g/mol. The highest BCUT2D eigenvalue weighted by atomic mass is 32.2. The number of fused-ring (bicyclic) bond motifs is 2. The fourth-order valence-electron chi connectivity index (χ4n) is 9.38. The number of thioether (sulfide) groups is 1. The van der Waals surface area contributed by atoms with Crippen molar-refractivity contribution in [3.8, 4) is 22.8 Å². The maximum atomic E-state index is 13.5. The molecule has 0 radical (unpaired) electrons.